The number of nitriles is 1. The molecule has 0 spiro atoms. The van der Waals surface area contributed by atoms with E-state index in [-0.39, 0.29) is 11.5 Å². The van der Waals surface area contributed by atoms with Gasteiger partial charge in [0.25, 0.3) is 11.8 Å². The predicted molar refractivity (Wildman–Crippen MR) is 87.1 cm³/mol. The van der Waals surface area contributed by atoms with Crippen LogP contribution in [0.3, 0.4) is 0 Å². The molecule has 0 saturated carbocycles. The molecule has 23 heavy (non-hydrogen) atoms. The van der Waals surface area contributed by atoms with Gasteiger partial charge in [0, 0.05) is 23.2 Å². The van der Waals surface area contributed by atoms with Crippen LogP contribution in [0, 0.1) is 11.3 Å². The Kier molecular flexibility index (Phi) is 4.87. The molecule has 1 aliphatic rings. The number of carbonyl (C=O) groups excluding carboxylic acids is 2. The summed E-state index contributed by atoms with van der Waals surface area (Å²) in [6, 6.07) is 8.44. The third kappa shape index (κ3) is 2.86. The van der Waals surface area contributed by atoms with Crippen molar-refractivity contribution in [2.24, 2.45) is 0 Å². The maximum Gasteiger partial charge on any atom is 0.288 e. The van der Waals surface area contributed by atoms with E-state index in [9.17, 15) is 14.9 Å². The molecule has 1 aromatic carbocycles. The fourth-order valence-corrected chi connectivity index (χ4v) is 2.76. The van der Waals surface area contributed by atoms with Crippen molar-refractivity contribution in [2.45, 2.75) is 20.3 Å². The molecular formula is C17H16ClN3O2. The maximum atomic E-state index is 12.6. The summed E-state index contributed by atoms with van der Waals surface area (Å²) in [5.41, 5.74) is 1.65. The first-order valence-corrected chi connectivity index (χ1v) is 7.51. The van der Waals surface area contributed by atoms with Crippen molar-refractivity contribution in [3.05, 3.63) is 57.8 Å². The number of rotatable bonds is 3. The second-order valence-corrected chi connectivity index (χ2v) is 5.39. The monoisotopic (exact) mass is 329 g/mol. The minimum Gasteiger partial charge on any atom is -0.267 e. The van der Waals surface area contributed by atoms with Crippen LogP contribution in [-0.2, 0) is 4.79 Å². The summed E-state index contributed by atoms with van der Waals surface area (Å²) in [6.07, 6.45) is 2.26. The zero-order valence-corrected chi connectivity index (χ0v) is 13.9. The van der Waals surface area contributed by atoms with Crippen LogP contribution in [0.15, 0.2) is 47.2 Å². The lowest BCUT2D eigenvalue weighted by atomic mass is 10.1. The average Bonchev–Trinajstić information content (AvgIpc) is 2.84. The largest absolute Gasteiger partial charge is 0.288 e. The Labute approximate surface area is 140 Å². The molecule has 0 N–H and O–H groups in total. The van der Waals surface area contributed by atoms with Crippen molar-refractivity contribution in [1.82, 2.24) is 10.0 Å². The number of benzene rings is 1. The highest BCUT2D eigenvalue weighted by atomic mass is 35.5. The summed E-state index contributed by atoms with van der Waals surface area (Å²) in [4.78, 5) is 25.1. The van der Waals surface area contributed by atoms with Gasteiger partial charge in [-0.3, -0.25) is 9.59 Å². The van der Waals surface area contributed by atoms with E-state index in [0.717, 1.165) is 0 Å². The molecule has 2 amide bonds. The molecule has 6 heteroatoms. The first-order valence-electron chi connectivity index (χ1n) is 7.14. The van der Waals surface area contributed by atoms with Crippen LogP contribution < -0.4 is 0 Å². The number of hydrogen-bond acceptors (Lipinski definition) is 3. The quantitative estimate of drug-likeness (QED) is 0.854. The SMILES string of the molecule is C/C=C1\C(CC)=C(C#N)C(=O)N1N(C)C(=O)c1cccc(Cl)c1. The first kappa shape index (κ1) is 16.8. The van der Waals surface area contributed by atoms with E-state index in [1.54, 1.807) is 31.2 Å². The number of amides is 2. The second kappa shape index (κ2) is 6.67. The molecule has 0 radical (unpaired) electrons. The number of allylic oxidation sites excluding steroid dienone is 2. The van der Waals surface area contributed by atoms with Gasteiger partial charge in [0.2, 0.25) is 0 Å². The lowest BCUT2D eigenvalue weighted by Gasteiger charge is -2.29. The number of halogens is 1. The topological polar surface area (TPSA) is 64.4 Å². The van der Waals surface area contributed by atoms with Crippen LogP contribution in [0.5, 0.6) is 0 Å². The molecule has 1 aromatic rings. The lowest BCUT2D eigenvalue weighted by molar-refractivity contribution is -0.132. The van der Waals surface area contributed by atoms with E-state index in [2.05, 4.69) is 0 Å². The Morgan fingerprint density at radius 2 is 2.17 bits per heavy atom. The smallest absolute Gasteiger partial charge is 0.267 e. The van der Waals surface area contributed by atoms with Gasteiger partial charge < -0.3 is 0 Å². The van der Waals surface area contributed by atoms with E-state index in [1.165, 1.54) is 23.1 Å². The molecule has 0 fully saturated rings. The average molecular weight is 330 g/mol. The molecule has 0 saturated heterocycles. The van der Waals surface area contributed by atoms with Crippen LogP contribution in [0.2, 0.25) is 5.02 Å². The Balaban J connectivity index is 2.40. The summed E-state index contributed by atoms with van der Waals surface area (Å²) in [6.45, 7) is 3.63. The van der Waals surface area contributed by atoms with E-state index in [1.807, 2.05) is 13.0 Å². The molecular weight excluding hydrogens is 314 g/mol. The second-order valence-electron chi connectivity index (χ2n) is 4.95. The van der Waals surface area contributed by atoms with Crippen molar-refractivity contribution in [3.63, 3.8) is 0 Å². The van der Waals surface area contributed by atoms with Gasteiger partial charge in [-0.15, -0.1) is 0 Å². The molecule has 118 valence electrons. The summed E-state index contributed by atoms with van der Waals surface area (Å²) in [7, 11) is 1.50. The molecule has 0 unspecified atom stereocenters. The van der Waals surface area contributed by atoms with E-state index >= 15 is 0 Å². The van der Waals surface area contributed by atoms with E-state index in [4.69, 9.17) is 11.6 Å². The first-order chi connectivity index (χ1) is 11.0. The van der Waals surface area contributed by atoms with E-state index in [0.29, 0.717) is 28.3 Å². The zero-order chi connectivity index (χ0) is 17.1. The fraction of sp³-hybridized carbons (Fsp3) is 0.235. The third-order valence-corrected chi connectivity index (χ3v) is 3.88. The highest BCUT2D eigenvalue weighted by Crippen LogP contribution is 2.32. The standard InChI is InChI=1S/C17H16ClN3O2/c1-4-13-14(10-19)17(23)21(15(13)5-2)20(3)16(22)11-7-6-8-12(18)9-11/h5-9H,4H2,1-3H3/b15-5+. The van der Waals surface area contributed by atoms with Crippen molar-refractivity contribution >= 4 is 23.4 Å². The molecule has 1 heterocycles. The van der Waals surface area contributed by atoms with Gasteiger partial charge in [0.05, 0.1) is 5.70 Å². The number of nitrogens with zero attached hydrogens (tertiary/aromatic N) is 3. The highest BCUT2D eigenvalue weighted by Gasteiger charge is 2.38. The Morgan fingerprint density at radius 3 is 2.70 bits per heavy atom. The third-order valence-electron chi connectivity index (χ3n) is 3.65. The van der Waals surface area contributed by atoms with Gasteiger partial charge in [-0.1, -0.05) is 30.7 Å². The maximum absolute atomic E-state index is 12.6. The number of carbonyl (C=O) groups is 2. The predicted octanol–water partition coefficient (Wildman–Crippen LogP) is 3.30. The zero-order valence-electron chi connectivity index (χ0n) is 13.1. The lowest BCUT2D eigenvalue weighted by Crippen LogP contribution is -2.44. The van der Waals surface area contributed by atoms with Crippen molar-refractivity contribution < 1.29 is 9.59 Å². The number of hydrazine groups is 1. The highest BCUT2D eigenvalue weighted by molar-refractivity contribution is 6.31. The van der Waals surface area contributed by atoms with Crippen molar-refractivity contribution in [2.75, 3.05) is 7.05 Å². The van der Waals surface area contributed by atoms with Gasteiger partial charge in [-0.05, 0) is 31.5 Å². The number of hydrogen-bond donors (Lipinski definition) is 0. The van der Waals surface area contributed by atoms with Gasteiger partial charge in [-0.2, -0.15) is 5.26 Å². The van der Waals surface area contributed by atoms with E-state index < -0.39 is 5.91 Å². The van der Waals surface area contributed by atoms with Crippen LogP contribution in [-0.4, -0.2) is 28.9 Å². The Morgan fingerprint density at radius 1 is 1.48 bits per heavy atom. The summed E-state index contributed by atoms with van der Waals surface area (Å²) < 4.78 is 0. The molecule has 2 rings (SSSR count). The summed E-state index contributed by atoms with van der Waals surface area (Å²) in [5, 5.41) is 12.1. The summed E-state index contributed by atoms with van der Waals surface area (Å²) >= 11 is 5.92. The fourth-order valence-electron chi connectivity index (χ4n) is 2.57. The normalized spacial score (nSPS) is 16.0. The molecule has 1 aliphatic heterocycles. The van der Waals surface area contributed by atoms with Gasteiger partial charge >= 0.3 is 0 Å². The van der Waals surface area contributed by atoms with Crippen LogP contribution >= 0.6 is 11.6 Å². The Hall–Kier alpha value is -2.58. The minimum absolute atomic E-state index is 0.0753. The molecule has 0 atom stereocenters. The van der Waals surface area contributed by atoms with Crippen LogP contribution in [0.4, 0.5) is 0 Å². The molecule has 0 aromatic heterocycles. The Bertz CT molecular complexity index is 774. The van der Waals surface area contributed by atoms with Gasteiger partial charge in [0.1, 0.15) is 11.6 Å². The van der Waals surface area contributed by atoms with Gasteiger partial charge in [-0.25, -0.2) is 10.0 Å². The molecule has 0 bridgehead atoms. The molecule has 0 aliphatic carbocycles. The molecule has 5 nitrogen and oxygen atoms in total. The van der Waals surface area contributed by atoms with Gasteiger partial charge in [0.15, 0.2) is 0 Å². The minimum atomic E-state index is -0.490. The van der Waals surface area contributed by atoms with Crippen LogP contribution in [0.1, 0.15) is 30.6 Å². The van der Waals surface area contributed by atoms with Crippen LogP contribution in [0.25, 0.3) is 0 Å². The van der Waals surface area contributed by atoms with Crippen molar-refractivity contribution in [3.8, 4) is 6.07 Å². The summed E-state index contributed by atoms with van der Waals surface area (Å²) in [5.74, 6) is -0.870. The van der Waals surface area contributed by atoms with Crippen molar-refractivity contribution in [1.29, 1.82) is 5.26 Å².